The van der Waals surface area contributed by atoms with Crippen molar-refractivity contribution in [3.63, 3.8) is 0 Å². The lowest BCUT2D eigenvalue weighted by atomic mass is 10.2. The van der Waals surface area contributed by atoms with Gasteiger partial charge in [0.15, 0.2) is 9.84 Å². The monoisotopic (exact) mass is 359 g/mol. The number of aryl methyl sites for hydroxylation is 1. The summed E-state index contributed by atoms with van der Waals surface area (Å²) in [5, 5.41) is 5.30. The molecule has 2 rings (SSSR count). The molecule has 0 aliphatic carbocycles. The normalized spacial score (nSPS) is 11.5. The largest absolute Gasteiger partial charge is 0.380 e. The fraction of sp³-hybridized carbons (Fsp3) is 0.231. The molecule has 102 valence electrons. The molecule has 1 aromatic heterocycles. The Kier molecular flexibility index (Phi) is 4.32. The molecule has 0 amide bonds. The van der Waals surface area contributed by atoms with E-state index >= 15 is 0 Å². The number of hydrogen-bond donors (Lipinski definition) is 1. The summed E-state index contributed by atoms with van der Waals surface area (Å²) in [6.45, 7) is 2.63. The first-order valence-corrected chi connectivity index (χ1v) is 9.21. The Bertz CT molecular complexity index is 692. The molecule has 1 heterocycles. The molecule has 0 atom stereocenters. The summed E-state index contributed by atoms with van der Waals surface area (Å²) in [6.07, 6.45) is 1.22. The minimum atomic E-state index is -3.17. The molecule has 2 aromatic rings. The van der Waals surface area contributed by atoms with Crippen LogP contribution >= 0.6 is 27.3 Å². The fourth-order valence-corrected chi connectivity index (χ4v) is 3.73. The van der Waals surface area contributed by atoms with Crippen molar-refractivity contribution in [2.24, 2.45) is 0 Å². The van der Waals surface area contributed by atoms with Gasteiger partial charge in [0.25, 0.3) is 0 Å². The molecule has 0 unspecified atom stereocenters. The van der Waals surface area contributed by atoms with E-state index in [0.29, 0.717) is 11.4 Å². The smallest absolute Gasteiger partial charge is 0.175 e. The molecule has 19 heavy (non-hydrogen) atoms. The van der Waals surface area contributed by atoms with Gasteiger partial charge in [-0.15, -0.1) is 11.3 Å². The summed E-state index contributed by atoms with van der Waals surface area (Å²) in [4.78, 5) is 1.52. The molecule has 0 bridgehead atoms. The number of halogens is 1. The van der Waals surface area contributed by atoms with E-state index in [1.54, 1.807) is 23.5 Å². The molecule has 0 saturated carbocycles. The van der Waals surface area contributed by atoms with Crippen LogP contribution in [0.25, 0.3) is 0 Å². The second-order valence-electron chi connectivity index (χ2n) is 4.29. The van der Waals surface area contributed by atoms with E-state index in [9.17, 15) is 8.42 Å². The average molecular weight is 360 g/mol. The Morgan fingerprint density at radius 2 is 2.05 bits per heavy atom. The maximum atomic E-state index is 11.6. The van der Waals surface area contributed by atoms with Gasteiger partial charge in [-0.05, 0) is 52.0 Å². The zero-order valence-corrected chi connectivity index (χ0v) is 13.8. The van der Waals surface area contributed by atoms with Crippen LogP contribution in [0.4, 0.5) is 5.69 Å². The van der Waals surface area contributed by atoms with Gasteiger partial charge in [-0.1, -0.05) is 6.07 Å². The van der Waals surface area contributed by atoms with Gasteiger partial charge in [-0.3, -0.25) is 0 Å². The third-order valence-corrected chi connectivity index (χ3v) is 5.80. The van der Waals surface area contributed by atoms with Crippen LogP contribution in [-0.4, -0.2) is 14.7 Å². The first-order valence-electron chi connectivity index (χ1n) is 5.64. The molecule has 0 aliphatic heterocycles. The summed E-state index contributed by atoms with van der Waals surface area (Å²) in [7, 11) is -3.17. The molecule has 0 fully saturated rings. The van der Waals surface area contributed by atoms with E-state index in [1.807, 2.05) is 24.4 Å². The molecule has 0 saturated heterocycles. The molecular formula is C13H14BrNO2S2. The summed E-state index contributed by atoms with van der Waals surface area (Å²) >= 11 is 5.14. The van der Waals surface area contributed by atoms with Crippen LogP contribution in [0.2, 0.25) is 0 Å². The Hall–Kier alpha value is -0.850. The van der Waals surface area contributed by atoms with E-state index in [1.165, 1.54) is 11.1 Å². The minimum absolute atomic E-state index is 0.339. The summed E-state index contributed by atoms with van der Waals surface area (Å²) in [5.41, 5.74) is 1.88. The highest BCUT2D eigenvalue weighted by Crippen LogP contribution is 2.25. The predicted molar refractivity (Wildman–Crippen MR) is 83.6 cm³/mol. The molecule has 0 spiro atoms. The van der Waals surface area contributed by atoms with Crippen molar-refractivity contribution in [3.8, 4) is 0 Å². The van der Waals surface area contributed by atoms with Crippen molar-refractivity contribution < 1.29 is 8.42 Å². The van der Waals surface area contributed by atoms with Gasteiger partial charge >= 0.3 is 0 Å². The van der Waals surface area contributed by atoms with E-state index in [2.05, 4.69) is 21.2 Å². The second-order valence-corrected chi connectivity index (χ2v) is 8.16. The van der Waals surface area contributed by atoms with Crippen LogP contribution in [-0.2, 0) is 16.4 Å². The van der Waals surface area contributed by atoms with Crippen LogP contribution < -0.4 is 5.32 Å². The third-order valence-electron chi connectivity index (χ3n) is 2.77. The Labute approximate surface area is 125 Å². The van der Waals surface area contributed by atoms with Gasteiger partial charge in [0.1, 0.15) is 0 Å². The summed E-state index contributed by atoms with van der Waals surface area (Å²) in [6, 6.07) is 7.15. The zero-order valence-electron chi connectivity index (χ0n) is 10.6. The van der Waals surface area contributed by atoms with Crippen molar-refractivity contribution in [1.82, 2.24) is 0 Å². The van der Waals surface area contributed by atoms with Crippen molar-refractivity contribution in [2.45, 2.75) is 18.4 Å². The SMILES string of the molecule is Cc1ccc(S(C)(=O)=O)cc1NCc1sccc1Br. The Balaban J connectivity index is 2.23. The molecule has 0 radical (unpaired) electrons. The van der Waals surface area contributed by atoms with E-state index in [0.717, 1.165) is 15.7 Å². The summed E-state index contributed by atoms with van der Waals surface area (Å²) < 4.78 is 24.2. The van der Waals surface area contributed by atoms with Crippen molar-refractivity contribution in [2.75, 3.05) is 11.6 Å². The van der Waals surface area contributed by atoms with Gasteiger partial charge in [0, 0.05) is 21.3 Å². The number of thiophene rings is 1. The minimum Gasteiger partial charge on any atom is -0.380 e. The lowest BCUT2D eigenvalue weighted by Crippen LogP contribution is -2.03. The Morgan fingerprint density at radius 1 is 1.32 bits per heavy atom. The molecular weight excluding hydrogens is 346 g/mol. The molecule has 3 nitrogen and oxygen atoms in total. The number of rotatable bonds is 4. The van der Waals surface area contributed by atoms with Gasteiger partial charge in [-0.25, -0.2) is 8.42 Å². The maximum absolute atomic E-state index is 11.6. The standard InChI is InChI=1S/C13H14BrNO2S2/c1-9-3-4-10(19(2,16)17)7-12(9)15-8-13-11(14)5-6-18-13/h3-7,15H,8H2,1-2H3. The van der Waals surface area contributed by atoms with E-state index < -0.39 is 9.84 Å². The highest BCUT2D eigenvalue weighted by atomic mass is 79.9. The lowest BCUT2D eigenvalue weighted by molar-refractivity contribution is 0.602. The van der Waals surface area contributed by atoms with Crippen LogP contribution in [0.5, 0.6) is 0 Å². The van der Waals surface area contributed by atoms with E-state index in [-0.39, 0.29) is 0 Å². The van der Waals surface area contributed by atoms with Crippen LogP contribution in [0.3, 0.4) is 0 Å². The third kappa shape index (κ3) is 3.58. The maximum Gasteiger partial charge on any atom is 0.175 e. The number of anilines is 1. The van der Waals surface area contributed by atoms with Crippen molar-refractivity contribution >= 4 is 42.8 Å². The number of hydrogen-bond acceptors (Lipinski definition) is 4. The molecule has 1 aromatic carbocycles. The van der Waals surface area contributed by atoms with Gasteiger partial charge in [0.2, 0.25) is 0 Å². The average Bonchev–Trinajstić information content (AvgIpc) is 2.72. The first kappa shape index (κ1) is 14.6. The number of benzene rings is 1. The first-order chi connectivity index (χ1) is 8.88. The quantitative estimate of drug-likeness (QED) is 0.901. The molecule has 6 heteroatoms. The van der Waals surface area contributed by atoms with Crippen molar-refractivity contribution in [1.29, 1.82) is 0 Å². The molecule has 0 aliphatic rings. The van der Waals surface area contributed by atoms with Crippen molar-refractivity contribution in [3.05, 3.63) is 44.6 Å². The van der Waals surface area contributed by atoms with Crippen LogP contribution in [0.15, 0.2) is 39.0 Å². The topological polar surface area (TPSA) is 46.2 Å². The van der Waals surface area contributed by atoms with Gasteiger partial charge in [0.05, 0.1) is 11.4 Å². The highest BCUT2D eigenvalue weighted by Gasteiger charge is 2.10. The second kappa shape index (κ2) is 5.64. The lowest BCUT2D eigenvalue weighted by Gasteiger charge is -2.10. The molecule has 1 N–H and O–H groups in total. The van der Waals surface area contributed by atoms with E-state index in [4.69, 9.17) is 0 Å². The fourth-order valence-electron chi connectivity index (χ4n) is 1.65. The Morgan fingerprint density at radius 3 is 2.63 bits per heavy atom. The number of nitrogens with one attached hydrogen (secondary N) is 1. The van der Waals surface area contributed by atoms with Gasteiger partial charge < -0.3 is 5.32 Å². The van der Waals surface area contributed by atoms with Gasteiger partial charge in [-0.2, -0.15) is 0 Å². The summed E-state index contributed by atoms with van der Waals surface area (Å²) in [5.74, 6) is 0. The zero-order chi connectivity index (χ0) is 14.0. The van der Waals surface area contributed by atoms with Crippen LogP contribution in [0, 0.1) is 6.92 Å². The number of sulfone groups is 1. The van der Waals surface area contributed by atoms with Crippen LogP contribution in [0.1, 0.15) is 10.4 Å². The predicted octanol–water partition coefficient (Wildman–Crippen LogP) is 3.83. The highest BCUT2D eigenvalue weighted by molar-refractivity contribution is 9.10.